The van der Waals surface area contributed by atoms with Crippen molar-refractivity contribution in [2.24, 2.45) is 5.16 Å². The van der Waals surface area contributed by atoms with E-state index in [2.05, 4.69) is 16.1 Å². The second-order valence-electron chi connectivity index (χ2n) is 3.27. The molecule has 1 aliphatic carbocycles. The summed E-state index contributed by atoms with van der Waals surface area (Å²) < 4.78 is 5.26. The Bertz CT molecular complexity index is 242. The van der Waals surface area contributed by atoms with Gasteiger partial charge in [-0.1, -0.05) is 11.2 Å². The van der Waals surface area contributed by atoms with E-state index in [1.165, 1.54) is 0 Å². The highest BCUT2D eigenvalue weighted by molar-refractivity contribution is 6.01. The van der Waals surface area contributed by atoms with Crippen LogP contribution < -0.4 is 0 Å². The van der Waals surface area contributed by atoms with E-state index >= 15 is 0 Å². The van der Waals surface area contributed by atoms with Gasteiger partial charge in [-0.3, -0.25) is 0 Å². The Balaban J connectivity index is 2.06. The molecule has 72 valence electrons. The van der Waals surface area contributed by atoms with Crippen LogP contribution in [0.1, 0.15) is 12.8 Å². The highest BCUT2D eigenvalue weighted by Gasteiger charge is 2.21. The number of ether oxygens (including phenoxy) is 1. The normalized spacial score (nSPS) is 26.6. The van der Waals surface area contributed by atoms with Crippen molar-refractivity contribution >= 4 is 5.71 Å². The van der Waals surface area contributed by atoms with Crippen LogP contribution in [-0.4, -0.2) is 42.1 Å². The summed E-state index contributed by atoms with van der Waals surface area (Å²) in [5, 5.41) is 12.1. The van der Waals surface area contributed by atoms with Crippen LogP contribution in [0, 0.1) is 0 Å². The van der Waals surface area contributed by atoms with Gasteiger partial charge in [-0.2, -0.15) is 0 Å². The maximum absolute atomic E-state index is 8.76. The molecule has 4 nitrogen and oxygen atoms in total. The van der Waals surface area contributed by atoms with Crippen molar-refractivity contribution in [1.82, 2.24) is 4.90 Å². The molecule has 1 heterocycles. The number of oxime groups is 1. The Morgan fingerprint density at radius 2 is 2.15 bits per heavy atom. The van der Waals surface area contributed by atoms with Crippen molar-refractivity contribution in [3.05, 3.63) is 11.8 Å². The zero-order valence-corrected chi connectivity index (χ0v) is 7.57. The molecule has 0 aromatic rings. The van der Waals surface area contributed by atoms with Gasteiger partial charge in [0.15, 0.2) is 0 Å². The standard InChI is InChI=1S/C9H14N2O2/c12-10-8-2-1-3-9(8)11-4-6-13-7-5-11/h3,12H,1-2,4-7H2. The van der Waals surface area contributed by atoms with Gasteiger partial charge in [0, 0.05) is 13.1 Å². The van der Waals surface area contributed by atoms with E-state index in [1.807, 2.05) is 0 Å². The second-order valence-corrected chi connectivity index (χ2v) is 3.27. The quantitative estimate of drug-likeness (QED) is 0.482. The van der Waals surface area contributed by atoms with E-state index in [0.717, 1.165) is 50.6 Å². The number of hydrogen-bond acceptors (Lipinski definition) is 4. The van der Waals surface area contributed by atoms with Gasteiger partial charge >= 0.3 is 0 Å². The van der Waals surface area contributed by atoms with Crippen LogP contribution in [0.2, 0.25) is 0 Å². The zero-order chi connectivity index (χ0) is 9.10. The van der Waals surface area contributed by atoms with E-state index in [4.69, 9.17) is 9.94 Å². The predicted molar refractivity (Wildman–Crippen MR) is 48.9 cm³/mol. The molecule has 0 saturated carbocycles. The molecule has 13 heavy (non-hydrogen) atoms. The third kappa shape index (κ3) is 1.67. The monoisotopic (exact) mass is 182 g/mol. The van der Waals surface area contributed by atoms with Crippen molar-refractivity contribution in [1.29, 1.82) is 0 Å². The molecule has 0 unspecified atom stereocenters. The summed E-state index contributed by atoms with van der Waals surface area (Å²) in [6, 6.07) is 0. The Hall–Kier alpha value is -1.03. The number of allylic oxidation sites excluding steroid dienone is 2. The fraction of sp³-hybridized carbons (Fsp3) is 0.667. The van der Waals surface area contributed by atoms with E-state index < -0.39 is 0 Å². The van der Waals surface area contributed by atoms with E-state index in [0.29, 0.717) is 0 Å². The van der Waals surface area contributed by atoms with E-state index in [-0.39, 0.29) is 0 Å². The summed E-state index contributed by atoms with van der Waals surface area (Å²) in [7, 11) is 0. The summed E-state index contributed by atoms with van der Waals surface area (Å²) in [4.78, 5) is 2.23. The van der Waals surface area contributed by atoms with Crippen LogP contribution in [0.3, 0.4) is 0 Å². The van der Waals surface area contributed by atoms with Gasteiger partial charge in [-0.15, -0.1) is 0 Å². The summed E-state index contributed by atoms with van der Waals surface area (Å²) >= 11 is 0. The number of morpholine rings is 1. The maximum atomic E-state index is 8.76. The number of hydrogen-bond donors (Lipinski definition) is 1. The highest BCUT2D eigenvalue weighted by atomic mass is 16.5. The molecule has 1 aliphatic heterocycles. The fourth-order valence-electron chi connectivity index (χ4n) is 1.81. The summed E-state index contributed by atoms with van der Waals surface area (Å²) in [5.74, 6) is 0. The second kappa shape index (κ2) is 3.79. The van der Waals surface area contributed by atoms with Gasteiger partial charge < -0.3 is 14.8 Å². The van der Waals surface area contributed by atoms with Gasteiger partial charge in [-0.05, 0) is 12.8 Å². The van der Waals surface area contributed by atoms with Crippen LogP contribution in [0.4, 0.5) is 0 Å². The minimum atomic E-state index is 0.774. The van der Waals surface area contributed by atoms with Gasteiger partial charge in [0.1, 0.15) is 5.71 Å². The molecule has 0 amide bonds. The molecule has 1 saturated heterocycles. The van der Waals surface area contributed by atoms with E-state index in [9.17, 15) is 0 Å². The predicted octanol–water partition coefficient (Wildman–Crippen LogP) is 0.827. The Kier molecular flexibility index (Phi) is 2.49. The SMILES string of the molecule is ON=C1CCC=C1N1CCOCC1. The average molecular weight is 182 g/mol. The van der Waals surface area contributed by atoms with Gasteiger partial charge in [0.25, 0.3) is 0 Å². The van der Waals surface area contributed by atoms with Crippen LogP contribution >= 0.6 is 0 Å². The van der Waals surface area contributed by atoms with E-state index in [1.54, 1.807) is 0 Å². The molecule has 4 heteroatoms. The zero-order valence-electron chi connectivity index (χ0n) is 7.57. The van der Waals surface area contributed by atoms with Crippen LogP contribution in [0.15, 0.2) is 16.9 Å². The van der Waals surface area contributed by atoms with Gasteiger partial charge in [0.2, 0.25) is 0 Å². The molecule has 0 atom stereocenters. The van der Waals surface area contributed by atoms with Crippen LogP contribution in [-0.2, 0) is 4.74 Å². The number of nitrogens with zero attached hydrogens (tertiary/aromatic N) is 2. The molecular formula is C9H14N2O2. The first-order valence-corrected chi connectivity index (χ1v) is 4.66. The molecular weight excluding hydrogens is 168 g/mol. The lowest BCUT2D eigenvalue weighted by Crippen LogP contribution is -2.37. The van der Waals surface area contributed by atoms with Crippen molar-refractivity contribution in [3.63, 3.8) is 0 Å². The lowest BCUT2D eigenvalue weighted by atomic mass is 10.2. The van der Waals surface area contributed by atoms with Crippen molar-refractivity contribution in [2.45, 2.75) is 12.8 Å². The smallest absolute Gasteiger partial charge is 0.103 e. The number of rotatable bonds is 1. The molecule has 2 aliphatic rings. The largest absolute Gasteiger partial charge is 0.411 e. The molecule has 1 fully saturated rings. The fourth-order valence-corrected chi connectivity index (χ4v) is 1.81. The van der Waals surface area contributed by atoms with Crippen molar-refractivity contribution in [3.8, 4) is 0 Å². The lowest BCUT2D eigenvalue weighted by Gasteiger charge is -2.29. The van der Waals surface area contributed by atoms with Gasteiger partial charge in [-0.25, -0.2) is 0 Å². The maximum Gasteiger partial charge on any atom is 0.103 e. The van der Waals surface area contributed by atoms with Crippen molar-refractivity contribution < 1.29 is 9.94 Å². The summed E-state index contributed by atoms with van der Waals surface area (Å²) in [6.07, 6.45) is 4.00. The first-order valence-electron chi connectivity index (χ1n) is 4.66. The van der Waals surface area contributed by atoms with Crippen LogP contribution in [0.25, 0.3) is 0 Å². The van der Waals surface area contributed by atoms with Crippen LogP contribution in [0.5, 0.6) is 0 Å². The first kappa shape index (κ1) is 8.56. The third-order valence-corrected chi connectivity index (χ3v) is 2.49. The summed E-state index contributed by atoms with van der Waals surface area (Å²) in [6.45, 7) is 3.36. The minimum absolute atomic E-state index is 0.774. The molecule has 2 rings (SSSR count). The molecule has 0 radical (unpaired) electrons. The third-order valence-electron chi connectivity index (χ3n) is 2.49. The van der Waals surface area contributed by atoms with Crippen molar-refractivity contribution in [2.75, 3.05) is 26.3 Å². The molecule has 1 N–H and O–H groups in total. The average Bonchev–Trinajstić information content (AvgIpc) is 2.67. The lowest BCUT2D eigenvalue weighted by molar-refractivity contribution is 0.0563. The Morgan fingerprint density at radius 1 is 1.38 bits per heavy atom. The molecule has 0 spiro atoms. The Morgan fingerprint density at radius 3 is 2.85 bits per heavy atom. The minimum Gasteiger partial charge on any atom is -0.411 e. The first-order chi connectivity index (χ1) is 6.42. The summed E-state index contributed by atoms with van der Waals surface area (Å²) in [5.41, 5.74) is 1.92. The van der Waals surface area contributed by atoms with Gasteiger partial charge in [0.05, 0.1) is 18.9 Å². The molecule has 0 aromatic carbocycles. The molecule has 0 aromatic heterocycles. The highest BCUT2D eigenvalue weighted by Crippen LogP contribution is 2.20. The topological polar surface area (TPSA) is 45.1 Å². The Labute approximate surface area is 77.5 Å². The molecule has 0 bridgehead atoms.